The first-order valence-corrected chi connectivity index (χ1v) is 17.7. The minimum absolute atomic E-state index is 0.0238. The predicted octanol–water partition coefficient (Wildman–Crippen LogP) is 1.84. The van der Waals surface area contributed by atoms with Crippen LogP contribution in [0.3, 0.4) is 0 Å². The number of rotatable bonds is 12. The molecule has 6 heterocycles. The number of aromatic nitrogens is 9. The largest absolute Gasteiger partial charge is 0.394 e. The molecule has 0 unspecified atom stereocenters. The highest BCUT2D eigenvalue weighted by molar-refractivity contribution is 5.89. The zero-order chi connectivity index (χ0) is 37.0. The lowest BCUT2D eigenvalue weighted by atomic mass is 9.91. The average molecular weight is 734 g/mol. The fourth-order valence-corrected chi connectivity index (χ4v) is 6.86. The van der Waals surface area contributed by atoms with Crippen molar-refractivity contribution in [1.29, 1.82) is 0 Å². The number of amides is 2. The summed E-state index contributed by atoms with van der Waals surface area (Å²) in [6.07, 6.45) is 0.356. The Balaban J connectivity index is 1.10. The quantitative estimate of drug-likeness (QED) is 0.106. The molecule has 2 aromatic carbocycles. The third kappa shape index (κ3) is 7.27. The third-order valence-electron chi connectivity index (χ3n) is 9.55. The molecule has 6 aromatic rings. The highest BCUT2D eigenvalue weighted by atomic mass is 16.6. The number of imidazole rings is 1. The lowest BCUT2D eigenvalue weighted by Crippen LogP contribution is -2.40. The average Bonchev–Trinajstić information content (AvgIpc) is 4.01. The number of carbonyl (C=O) groups is 1. The zero-order valence-electron chi connectivity index (χ0n) is 29.0. The summed E-state index contributed by atoms with van der Waals surface area (Å²) in [5, 5.41) is 53.0. The minimum Gasteiger partial charge on any atom is -0.394 e. The van der Waals surface area contributed by atoms with Gasteiger partial charge in [-0.25, -0.2) is 9.78 Å². The molecule has 6 N–H and O–H groups in total. The molecule has 0 aliphatic carbocycles. The van der Waals surface area contributed by atoms with E-state index in [1.807, 2.05) is 41.3 Å². The molecule has 0 spiro atoms. The van der Waals surface area contributed by atoms with E-state index in [9.17, 15) is 20.1 Å². The van der Waals surface area contributed by atoms with E-state index in [4.69, 9.17) is 14.7 Å². The summed E-state index contributed by atoms with van der Waals surface area (Å²) in [5.74, 6) is 0.896. The summed E-state index contributed by atoms with van der Waals surface area (Å²) in [6, 6.07) is 23.4. The lowest BCUT2D eigenvalue weighted by molar-refractivity contribution is -0.0384. The molecule has 278 valence electrons. The Labute approximate surface area is 308 Å². The van der Waals surface area contributed by atoms with Crippen LogP contribution in [-0.4, -0.2) is 111 Å². The summed E-state index contributed by atoms with van der Waals surface area (Å²) >= 11 is 0. The second-order valence-corrected chi connectivity index (χ2v) is 13.1. The number of urea groups is 1. The molecule has 2 saturated heterocycles. The number of aliphatic hydroxyl groups is 3. The van der Waals surface area contributed by atoms with Gasteiger partial charge in [0.15, 0.2) is 29.3 Å². The molecule has 8 rings (SSSR count). The summed E-state index contributed by atoms with van der Waals surface area (Å²) in [4.78, 5) is 34.6. The molecular formula is C36H39N13O5. The van der Waals surface area contributed by atoms with Crippen LogP contribution in [0.25, 0.3) is 11.2 Å². The van der Waals surface area contributed by atoms with Gasteiger partial charge in [-0.15, -0.1) is 10.2 Å². The van der Waals surface area contributed by atoms with Crippen molar-refractivity contribution in [2.75, 3.05) is 41.8 Å². The third-order valence-corrected chi connectivity index (χ3v) is 9.55. The Hall–Kier alpha value is -6.08. The molecule has 2 aliphatic heterocycles. The van der Waals surface area contributed by atoms with E-state index >= 15 is 0 Å². The number of nitrogens with one attached hydrogen (secondary N) is 3. The van der Waals surface area contributed by atoms with Crippen molar-refractivity contribution in [1.82, 2.24) is 50.0 Å². The summed E-state index contributed by atoms with van der Waals surface area (Å²) in [5.41, 5.74) is 3.62. The van der Waals surface area contributed by atoms with Crippen LogP contribution < -0.4 is 20.9 Å². The molecule has 0 saturated carbocycles. The number of nitrogens with zero attached hydrogens (tertiary/aromatic N) is 10. The van der Waals surface area contributed by atoms with Crippen molar-refractivity contribution in [2.45, 2.75) is 49.5 Å². The van der Waals surface area contributed by atoms with E-state index in [1.165, 1.54) is 11.1 Å². The van der Waals surface area contributed by atoms with Gasteiger partial charge in [0.1, 0.15) is 12.2 Å². The van der Waals surface area contributed by atoms with Crippen LogP contribution in [0, 0.1) is 0 Å². The molecule has 2 amide bonds. The Morgan fingerprint density at radius 3 is 2.48 bits per heavy atom. The molecule has 4 aromatic heterocycles. The highest BCUT2D eigenvalue weighted by Crippen LogP contribution is 2.39. The molecule has 54 heavy (non-hydrogen) atoms. The van der Waals surface area contributed by atoms with Crippen molar-refractivity contribution in [3.8, 4) is 0 Å². The first-order chi connectivity index (χ1) is 26.4. The lowest BCUT2D eigenvalue weighted by Gasteiger charge is -2.22. The van der Waals surface area contributed by atoms with Crippen LogP contribution in [0.15, 0.2) is 91.5 Å². The summed E-state index contributed by atoms with van der Waals surface area (Å²) in [7, 11) is 0. The van der Waals surface area contributed by atoms with Gasteiger partial charge in [0.05, 0.1) is 31.4 Å². The van der Waals surface area contributed by atoms with Gasteiger partial charge in [0.2, 0.25) is 11.8 Å². The number of ether oxygens (including phenoxy) is 1. The van der Waals surface area contributed by atoms with Crippen LogP contribution in [0.5, 0.6) is 0 Å². The molecule has 5 atom stereocenters. The fourth-order valence-electron chi connectivity index (χ4n) is 6.86. The maximum Gasteiger partial charge on any atom is 0.319 e. The standard InChI is InChI=1S/C36H39N13O5/c50-17-16-49-45-32(44-46-49)30-28(51)29(52)34(54-30)48-21-39-27-31(38-19-26(22-8-3-1-4-9-22)23-10-5-2-6-11-23)42-35(43-33(27)48)47-15-13-25(20-47)41-36(53)40-24-12-7-14-37-18-24/h1-12,14,18,21,25-26,28-30,34,50-52H,13,15-17,19-20H2,(H,38,42,43)(H2,40,41,53)/t25-,28+,29+,30+,34-/m1/s1. The first-order valence-electron chi connectivity index (χ1n) is 17.7. The van der Waals surface area contributed by atoms with Gasteiger partial charge in [0, 0.05) is 37.8 Å². The van der Waals surface area contributed by atoms with Gasteiger partial charge >= 0.3 is 6.03 Å². The highest BCUT2D eigenvalue weighted by Gasteiger charge is 2.47. The summed E-state index contributed by atoms with van der Waals surface area (Å²) in [6.45, 7) is 1.39. The van der Waals surface area contributed by atoms with Gasteiger partial charge in [0.25, 0.3) is 0 Å². The fraction of sp³-hybridized carbons (Fsp3) is 0.333. The Morgan fingerprint density at radius 1 is 0.981 bits per heavy atom. The van der Waals surface area contributed by atoms with Crippen molar-refractivity contribution >= 4 is 34.6 Å². The second kappa shape index (κ2) is 15.5. The maximum atomic E-state index is 12.8. The predicted molar refractivity (Wildman–Crippen MR) is 195 cm³/mol. The number of hydrogen-bond donors (Lipinski definition) is 6. The number of aliphatic hydroxyl groups excluding tert-OH is 3. The van der Waals surface area contributed by atoms with E-state index < -0.39 is 24.5 Å². The maximum absolute atomic E-state index is 12.8. The molecule has 0 radical (unpaired) electrons. The van der Waals surface area contributed by atoms with Crippen LogP contribution in [0.4, 0.5) is 22.2 Å². The molecular weight excluding hydrogens is 694 g/mol. The normalized spacial score (nSPS) is 21.2. The van der Waals surface area contributed by atoms with Gasteiger partial charge in [-0.1, -0.05) is 60.7 Å². The Morgan fingerprint density at radius 2 is 1.76 bits per heavy atom. The topological polar surface area (TPSA) is 226 Å². The van der Waals surface area contributed by atoms with Crippen molar-refractivity contribution in [3.05, 3.63) is 108 Å². The van der Waals surface area contributed by atoms with Crippen LogP contribution >= 0.6 is 0 Å². The minimum atomic E-state index is -1.40. The number of tetrazole rings is 1. The van der Waals surface area contributed by atoms with E-state index in [0.717, 1.165) is 11.1 Å². The molecule has 18 heteroatoms. The van der Waals surface area contributed by atoms with Crippen molar-refractivity contribution in [3.63, 3.8) is 0 Å². The van der Waals surface area contributed by atoms with E-state index in [2.05, 4.69) is 65.6 Å². The molecule has 0 bridgehead atoms. The molecule has 2 fully saturated rings. The number of pyridine rings is 1. The van der Waals surface area contributed by atoms with Crippen LogP contribution in [0.1, 0.15) is 41.6 Å². The number of fused-ring (bicyclic) bond motifs is 1. The second-order valence-electron chi connectivity index (χ2n) is 13.1. The Kier molecular flexibility index (Phi) is 10.0. The van der Waals surface area contributed by atoms with E-state index in [0.29, 0.717) is 54.7 Å². The SMILES string of the molecule is O=C(Nc1cccnc1)N[C@@H]1CCN(c2nc(NCC(c3ccccc3)c3ccccc3)c3ncn([C@@H]4O[C@H](c5nnn(CCO)n5)[C@@H](O)[C@@H]4O)c3n2)C1. The molecule has 2 aliphatic rings. The van der Waals surface area contributed by atoms with Gasteiger partial charge in [-0.2, -0.15) is 14.8 Å². The molecule has 18 nitrogen and oxygen atoms in total. The van der Waals surface area contributed by atoms with Crippen molar-refractivity contribution < 1.29 is 24.9 Å². The van der Waals surface area contributed by atoms with Gasteiger partial charge in [-0.3, -0.25) is 9.55 Å². The smallest absolute Gasteiger partial charge is 0.319 e. The van der Waals surface area contributed by atoms with Gasteiger partial charge < -0.3 is 40.9 Å². The number of hydrogen-bond acceptors (Lipinski definition) is 14. The van der Waals surface area contributed by atoms with Gasteiger partial charge in [-0.05, 0) is 34.9 Å². The van der Waals surface area contributed by atoms with Crippen LogP contribution in [0.2, 0.25) is 0 Å². The first kappa shape index (κ1) is 35.0. The van der Waals surface area contributed by atoms with Crippen molar-refractivity contribution in [2.24, 2.45) is 0 Å². The zero-order valence-corrected chi connectivity index (χ0v) is 29.0. The number of anilines is 3. The Bertz CT molecular complexity index is 2130. The monoisotopic (exact) mass is 733 g/mol. The van der Waals surface area contributed by atoms with Crippen LogP contribution in [-0.2, 0) is 11.3 Å². The summed E-state index contributed by atoms with van der Waals surface area (Å²) < 4.78 is 7.74. The number of carbonyl (C=O) groups excluding carboxylic acids is 1. The number of benzene rings is 2. The van der Waals surface area contributed by atoms with E-state index in [1.54, 1.807) is 29.1 Å². The van der Waals surface area contributed by atoms with E-state index in [-0.39, 0.29) is 37.0 Å².